The lowest BCUT2D eigenvalue weighted by molar-refractivity contribution is -0.117. The molecule has 0 bridgehead atoms. The van der Waals surface area contributed by atoms with Gasteiger partial charge in [0.05, 0.1) is 5.02 Å². The van der Waals surface area contributed by atoms with E-state index in [9.17, 15) is 9.18 Å². The van der Waals surface area contributed by atoms with Crippen LogP contribution in [0, 0.1) is 5.82 Å². The number of hydrogen-bond donors (Lipinski definition) is 0. The molecule has 19 heavy (non-hydrogen) atoms. The Morgan fingerprint density at radius 2 is 1.89 bits per heavy atom. The number of halogens is 3. The maximum Gasteiger partial charge on any atom is 0.145 e. The molecule has 0 aliphatic carbocycles. The maximum atomic E-state index is 13.7. The Labute approximate surface area is 124 Å². The van der Waals surface area contributed by atoms with Crippen LogP contribution in [0.25, 0.3) is 0 Å². The van der Waals surface area contributed by atoms with E-state index in [-0.39, 0.29) is 23.6 Å². The molecule has 0 unspecified atom stereocenters. The molecule has 98 valence electrons. The molecule has 0 spiro atoms. The third kappa shape index (κ3) is 3.88. The Morgan fingerprint density at radius 3 is 2.63 bits per heavy atom. The molecule has 4 heteroatoms. The lowest BCUT2D eigenvalue weighted by Gasteiger charge is -2.05. The molecule has 0 heterocycles. The molecular weight excluding hydrogens is 331 g/mol. The third-order valence-electron chi connectivity index (χ3n) is 2.71. The average molecular weight is 342 g/mol. The normalized spacial score (nSPS) is 10.5. The van der Waals surface area contributed by atoms with E-state index in [2.05, 4.69) is 15.9 Å². The summed E-state index contributed by atoms with van der Waals surface area (Å²) in [5, 5.41) is 0.0488. The predicted octanol–water partition coefficient (Wildman–Crippen LogP) is 4.60. The Morgan fingerprint density at radius 1 is 1.16 bits per heavy atom. The van der Waals surface area contributed by atoms with Gasteiger partial charge in [0.1, 0.15) is 11.6 Å². The zero-order valence-corrected chi connectivity index (χ0v) is 12.3. The first-order chi connectivity index (χ1) is 9.06. The predicted molar refractivity (Wildman–Crippen MR) is 78.0 cm³/mol. The van der Waals surface area contributed by atoms with E-state index in [1.165, 1.54) is 6.07 Å². The highest BCUT2D eigenvalue weighted by Gasteiger charge is 2.11. The van der Waals surface area contributed by atoms with Crippen molar-refractivity contribution >= 4 is 33.3 Å². The van der Waals surface area contributed by atoms with E-state index >= 15 is 0 Å². The fourth-order valence-corrected chi connectivity index (χ4v) is 2.48. The fraction of sp³-hybridized carbons (Fsp3) is 0.133. The van der Waals surface area contributed by atoms with Crippen molar-refractivity contribution < 1.29 is 9.18 Å². The van der Waals surface area contributed by atoms with Crippen molar-refractivity contribution in [3.05, 3.63) is 68.9 Å². The van der Waals surface area contributed by atoms with Gasteiger partial charge < -0.3 is 0 Å². The zero-order chi connectivity index (χ0) is 13.8. The largest absolute Gasteiger partial charge is 0.299 e. The van der Waals surface area contributed by atoms with Crippen molar-refractivity contribution in [1.82, 2.24) is 0 Å². The minimum absolute atomic E-state index is 0.0423. The van der Waals surface area contributed by atoms with Crippen LogP contribution in [0.3, 0.4) is 0 Å². The van der Waals surface area contributed by atoms with E-state index in [1.54, 1.807) is 12.1 Å². The van der Waals surface area contributed by atoms with Crippen LogP contribution < -0.4 is 0 Å². The number of ketones is 1. The molecule has 0 aliphatic rings. The second-order valence-electron chi connectivity index (χ2n) is 4.24. The third-order valence-corrected chi connectivity index (χ3v) is 3.49. The van der Waals surface area contributed by atoms with E-state index in [0.717, 1.165) is 10.0 Å². The number of benzene rings is 2. The maximum absolute atomic E-state index is 13.7. The van der Waals surface area contributed by atoms with Crippen LogP contribution in [-0.4, -0.2) is 5.78 Å². The molecule has 2 aromatic carbocycles. The number of hydrogen-bond acceptors (Lipinski definition) is 1. The molecule has 2 rings (SSSR count). The van der Waals surface area contributed by atoms with Gasteiger partial charge >= 0.3 is 0 Å². The number of Topliss-reactive ketones (excluding diaryl/α,β-unsaturated/α-hetero) is 1. The van der Waals surface area contributed by atoms with Crippen LogP contribution in [0.2, 0.25) is 5.02 Å². The van der Waals surface area contributed by atoms with Gasteiger partial charge in [-0.3, -0.25) is 4.79 Å². The molecule has 2 aromatic rings. The first-order valence-electron chi connectivity index (χ1n) is 5.75. The van der Waals surface area contributed by atoms with Crippen molar-refractivity contribution in [2.24, 2.45) is 0 Å². The van der Waals surface area contributed by atoms with Gasteiger partial charge in [0.15, 0.2) is 0 Å². The smallest absolute Gasteiger partial charge is 0.145 e. The highest BCUT2D eigenvalue weighted by molar-refractivity contribution is 9.10. The summed E-state index contributed by atoms with van der Waals surface area (Å²) in [5.41, 5.74) is 1.24. The van der Waals surface area contributed by atoms with Gasteiger partial charge in [-0.15, -0.1) is 0 Å². The summed E-state index contributed by atoms with van der Waals surface area (Å²) in [7, 11) is 0. The number of carbonyl (C=O) groups is 1. The minimum Gasteiger partial charge on any atom is -0.299 e. The Bertz CT molecular complexity index is 613. The Balaban J connectivity index is 2.08. The summed E-state index contributed by atoms with van der Waals surface area (Å²) >= 11 is 9.04. The molecule has 0 atom stereocenters. The van der Waals surface area contributed by atoms with Crippen molar-refractivity contribution in [2.75, 3.05) is 0 Å². The second-order valence-corrected chi connectivity index (χ2v) is 5.56. The monoisotopic (exact) mass is 340 g/mol. The summed E-state index contributed by atoms with van der Waals surface area (Å²) in [6, 6.07) is 12.2. The fourth-order valence-electron chi connectivity index (χ4n) is 1.83. The molecule has 0 fully saturated rings. The van der Waals surface area contributed by atoms with Gasteiger partial charge in [-0.25, -0.2) is 4.39 Å². The standard InChI is InChI=1S/C15H11BrClFO/c16-12-5-1-3-10(7-12)8-13(19)9-11-4-2-6-14(17)15(11)18/h1-7H,8-9H2. The number of carbonyl (C=O) groups excluding carboxylic acids is 1. The van der Waals surface area contributed by atoms with E-state index in [4.69, 9.17) is 11.6 Å². The Hall–Kier alpha value is -1.19. The van der Waals surface area contributed by atoms with E-state index in [1.807, 2.05) is 24.3 Å². The van der Waals surface area contributed by atoms with Gasteiger partial charge in [-0.1, -0.05) is 51.8 Å². The molecule has 0 aromatic heterocycles. The molecule has 0 saturated carbocycles. The van der Waals surface area contributed by atoms with Crippen molar-refractivity contribution in [3.8, 4) is 0 Å². The second kappa shape index (κ2) is 6.31. The topological polar surface area (TPSA) is 17.1 Å². The van der Waals surface area contributed by atoms with Gasteiger partial charge in [0.2, 0.25) is 0 Å². The van der Waals surface area contributed by atoms with Crippen LogP contribution >= 0.6 is 27.5 Å². The molecule has 0 N–H and O–H groups in total. The first-order valence-corrected chi connectivity index (χ1v) is 6.92. The lowest BCUT2D eigenvalue weighted by atomic mass is 10.0. The quantitative estimate of drug-likeness (QED) is 0.794. The first kappa shape index (κ1) is 14.2. The zero-order valence-electron chi connectivity index (χ0n) is 10.00. The van der Waals surface area contributed by atoms with Gasteiger partial charge in [-0.05, 0) is 29.3 Å². The van der Waals surface area contributed by atoms with Crippen molar-refractivity contribution in [1.29, 1.82) is 0 Å². The highest BCUT2D eigenvalue weighted by Crippen LogP contribution is 2.19. The summed E-state index contributed by atoms with van der Waals surface area (Å²) in [6.07, 6.45) is 0.338. The summed E-state index contributed by atoms with van der Waals surface area (Å²) < 4.78 is 14.6. The van der Waals surface area contributed by atoms with Crippen LogP contribution in [0.15, 0.2) is 46.9 Å². The van der Waals surface area contributed by atoms with Gasteiger partial charge in [0, 0.05) is 17.3 Å². The summed E-state index contributed by atoms with van der Waals surface area (Å²) in [4.78, 5) is 11.9. The molecule has 0 amide bonds. The van der Waals surface area contributed by atoms with Crippen LogP contribution in [0.1, 0.15) is 11.1 Å². The molecule has 1 nitrogen and oxygen atoms in total. The minimum atomic E-state index is -0.508. The SMILES string of the molecule is O=C(Cc1cccc(Br)c1)Cc1cccc(Cl)c1F. The molecule has 0 aliphatic heterocycles. The average Bonchev–Trinajstić information content (AvgIpc) is 2.35. The molecule has 0 radical (unpaired) electrons. The summed E-state index contributed by atoms with van der Waals surface area (Å²) in [6.45, 7) is 0. The van der Waals surface area contributed by atoms with E-state index in [0.29, 0.717) is 5.56 Å². The van der Waals surface area contributed by atoms with Gasteiger partial charge in [-0.2, -0.15) is 0 Å². The Kier molecular flexibility index (Phi) is 4.72. The van der Waals surface area contributed by atoms with Crippen LogP contribution in [0.5, 0.6) is 0 Å². The molecular formula is C15H11BrClFO. The molecule has 0 saturated heterocycles. The van der Waals surface area contributed by atoms with E-state index < -0.39 is 5.82 Å². The van der Waals surface area contributed by atoms with Crippen LogP contribution in [-0.2, 0) is 17.6 Å². The number of rotatable bonds is 4. The van der Waals surface area contributed by atoms with Gasteiger partial charge in [0.25, 0.3) is 0 Å². The summed E-state index contributed by atoms with van der Waals surface area (Å²) in [5.74, 6) is -0.550. The van der Waals surface area contributed by atoms with Crippen LogP contribution in [0.4, 0.5) is 4.39 Å². The lowest BCUT2D eigenvalue weighted by Crippen LogP contribution is -2.08. The van der Waals surface area contributed by atoms with Crippen molar-refractivity contribution in [2.45, 2.75) is 12.8 Å². The van der Waals surface area contributed by atoms with Crippen molar-refractivity contribution in [3.63, 3.8) is 0 Å². The highest BCUT2D eigenvalue weighted by atomic mass is 79.9.